The molecule has 2 amide bonds. The van der Waals surface area contributed by atoms with Crippen LogP contribution in [0.2, 0.25) is 0 Å². The van der Waals surface area contributed by atoms with Crippen LogP contribution in [-0.2, 0) is 19.1 Å². The van der Waals surface area contributed by atoms with Crippen LogP contribution in [0.4, 0.5) is 23.7 Å². The standard InChI is InChI=1S/C23H26F3N3O/c24-23(25,26)20-9-3-4-10-21(20)27-22(30)29-12-5-6-17(15-29)14-28-13-11-18-7-1-2-8-19(18)16-28/h1-4,7-10,17H,5-6,11-16H2,(H,27,30)/t17-/m0/s1. The van der Waals surface area contributed by atoms with Gasteiger partial charge in [0.15, 0.2) is 0 Å². The highest BCUT2D eigenvalue weighted by atomic mass is 19.4. The van der Waals surface area contributed by atoms with Gasteiger partial charge in [-0.05, 0) is 48.4 Å². The Bertz CT molecular complexity index is 899. The first-order valence-corrected chi connectivity index (χ1v) is 10.4. The summed E-state index contributed by atoms with van der Waals surface area (Å²) < 4.78 is 39.6. The SMILES string of the molecule is O=C(Nc1ccccc1C(F)(F)F)N1CCC[C@@H](CN2CCc3ccccc3C2)C1. The van der Waals surface area contributed by atoms with E-state index in [1.165, 1.54) is 29.3 Å². The molecule has 1 atom stereocenters. The minimum Gasteiger partial charge on any atom is -0.324 e. The van der Waals surface area contributed by atoms with E-state index in [0.717, 1.165) is 45.0 Å². The van der Waals surface area contributed by atoms with Gasteiger partial charge in [-0.1, -0.05) is 36.4 Å². The Kier molecular flexibility index (Phi) is 5.99. The number of urea groups is 1. The molecule has 7 heteroatoms. The van der Waals surface area contributed by atoms with Crippen molar-refractivity contribution in [1.29, 1.82) is 0 Å². The highest BCUT2D eigenvalue weighted by Gasteiger charge is 2.34. The Balaban J connectivity index is 1.36. The minimum absolute atomic E-state index is 0.190. The molecule has 0 bridgehead atoms. The summed E-state index contributed by atoms with van der Waals surface area (Å²) >= 11 is 0. The number of hydrogen-bond donors (Lipinski definition) is 1. The normalized spacial score (nSPS) is 20.0. The Hall–Kier alpha value is -2.54. The molecule has 2 aromatic carbocycles. The lowest BCUT2D eigenvalue weighted by molar-refractivity contribution is -0.136. The number of fused-ring (bicyclic) bond motifs is 1. The molecule has 0 saturated carbocycles. The van der Waals surface area contributed by atoms with Crippen LogP contribution in [0.1, 0.15) is 29.5 Å². The summed E-state index contributed by atoms with van der Waals surface area (Å²) in [4.78, 5) is 16.8. The van der Waals surface area contributed by atoms with Crippen LogP contribution in [0.25, 0.3) is 0 Å². The minimum atomic E-state index is -4.50. The molecule has 2 aliphatic heterocycles. The number of nitrogens with zero attached hydrogens (tertiary/aromatic N) is 2. The smallest absolute Gasteiger partial charge is 0.324 e. The lowest BCUT2D eigenvalue weighted by atomic mass is 9.95. The topological polar surface area (TPSA) is 35.6 Å². The number of carbonyl (C=O) groups is 1. The first kappa shape index (κ1) is 20.7. The van der Waals surface area contributed by atoms with Crippen molar-refractivity contribution in [2.75, 3.05) is 31.5 Å². The third-order valence-corrected chi connectivity index (χ3v) is 6.01. The molecule has 30 heavy (non-hydrogen) atoms. The van der Waals surface area contributed by atoms with Gasteiger partial charge in [-0.25, -0.2) is 4.79 Å². The number of halogens is 3. The number of carbonyl (C=O) groups excluding carboxylic acids is 1. The number of amides is 2. The maximum atomic E-state index is 13.2. The zero-order valence-corrected chi connectivity index (χ0v) is 16.8. The van der Waals surface area contributed by atoms with Crippen molar-refractivity contribution in [3.05, 3.63) is 65.2 Å². The second-order valence-electron chi connectivity index (χ2n) is 8.18. The molecule has 2 aromatic rings. The fourth-order valence-electron chi connectivity index (χ4n) is 4.51. The molecule has 4 rings (SSSR count). The van der Waals surface area contributed by atoms with Crippen molar-refractivity contribution in [3.8, 4) is 0 Å². The maximum Gasteiger partial charge on any atom is 0.418 e. The first-order chi connectivity index (χ1) is 14.4. The zero-order chi connectivity index (χ0) is 21.1. The van der Waals surface area contributed by atoms with Gasteiger partial charge in [0.1, 0.15) is 0 Å². The Morgan fingerprint density at radius 1 is 1.03 bits per heavy atom. The van der Waals surface area contributed by atoms with E-state index < -0.39 is 17.8 Å². The third kappa shape index (κ3) is 4.78. The Morgan fingerprint density at radius 2 is 1.77 bits per heavy atom. The number of nitrogens with one attached hydrogen (secondary N) is 1. The van der Waals surface area contributed by atoms with E-state index in [1.807, 2.05) is 0 Å². The monoisotopic (exact) mass is 417 g/mol. The van der Waals surface area contributed by atoms with Crippen LogP contribution in [0.5, 0.6) is 0 Å². The summed E-state index contributed by atoms with van der Waals surface area (Å²) in [6.45, 7) is 3.95. The Labute approximate surface area is 174 Å². The largest absolute Gasteiger partial charge is 0.418 e. The number of rotatable bonds is 3. The molecular formula is C23H26F3N3O. The number of benzene rings is 2. The second-order valence-corrected chi connectivity index (χ2v) is 8.18. The van der Waals surface area contributed by atoms with E-state index in [4.69, 9.17) is 0 Å². The van der Waals surface area contributed by atoms with Crippen LogP contribution in [0.3, 0.4) is 0 Å². The molecule has 2 aliphatic rings. The number of likely N-dealkylation sites (tertiary alicyclic amines) is 1. The molecule has 0 aromatic heterocycles. The molecule has 1 N–H and O–H groups in total. The third-order valence-electron chi connectivity index (χ3n) is 6.01. The average molecular weight is 417 g/mol. The van der Waals surface area contributed by atoms with E-state index in [-0.39, 0.29) is 5.69 Å². The molecule has 0 spiro atoms. The second kappa shape index (κ2) is 8.68. The fourth-order valence-corrected chi connectivity index (χ4v) is 4.51. The van der Waals surface area contributed by atoms with Crippen molar-refractivity contribution in [2.24, 2.45) is 5.92 Å². The molecule has 0 aliphatic carbocycles. The van der Waals surface area contributed by atoms with Gasteiger partial charge in [0.25, 0.3) is 0 Å². The lowest BCUT2D eigenvalue weighted by Crippen LogP contribution is -2.46. The quantitative estimate of drug-likeness (QED) is 0.762. The molecule has 4 nitrogen and oxygen atoms in total. The maximum absolute atomic E-state index is 13.2. The van der Waals surface area contributed by atoms with Gasteiger partial charge in [0, 0.05) is 32.7 Å². The van der Waals surface area contributed by atoms with Gasteiger partial charge in [0.05, 0.1) is 11.3 Å². The molecule has 0 unspecified atom stereocenters. The molecular weight excluding hydrogens is 391 g/mol. The zero-order valence-electron chi connectivity index (χ0n) is 16.8. The summed E-state index contributed by atoms with van der Waals surface area (Å²) in [6.07, 6.45) is -1.58. The molecule has 1 saturated heterocycles. The predicted molar refractivity (Wildman–Crippen MR) is 110 cm³/mol. The molecule has 1 fully saturated rings. The van der Waals surface area contributed by atoms with Crippen molar-refractivity contribution in [1.82, 2.24) is 9.80 Å². The van der Waals surface area contributed by atoms with Crippen LogP contribution >= 0.6 is 0 Å². The van der Waals surface area contributed by atoms with Crippen molar-refractivity contribution in [3.63, 3.8) is 0 Å². The lowest BCUT2D eigenvalue weighted by Gasteiger charge is -2.37. The summed E-state index contributed by atoms with van der Waals surface area (Å²) in [6, 6.07) is 13.1. The molecule has 2 heterocycles. The van der Waals surface area contributed by atoms with E-state index in [0.29, 0.717) is 19.0 Å². The summed E-state index contributed by atoms with van der Waals surface area (Å²) in [7, 11) is 0. The Morgan fingerprint density at radius 3 is 2.57 bits per heavy atom. The average Bonchev–Trinajstić information content (AvgIpc) is 2.73. The van der Waals surface area contributed by atoms with Gasteiger partial charge in [0.2, 0.25) is 0 Å². The number of anilines is 1. The number of alkyl halides is 3. The van der Waals surface area contributed by atoms with Crippen molar-refractivity contribution >= 4 is 11.7 Å². The fraction of sp³-hybridized carbons (Fsp3) is 0.435. The summed E-state index contributed by atoms with van der Waals surface area (Å²) in [5.41, 5.74) is 1.75. The van der Waals surface area contributed by atoms with E-state index >= 15 is 0 Å². The number of para-hydroxylation sites is 1. The van der Waals surface area contributed by atoms with Gasteiger partial charge < -0.3 is 10.2 Å². The van der Waals surface area contributed by atoms with Crippen LogP contribution in [0.15, 0.2) is 48.5 Å². The molecule has 160 valence electrons. The summed E-state index contributed by atoms with van der Waals surface area (Å²) in [5, 5.41) is 2.48. The van der Waals surface area contributed by atoms with Gasteiger partial charge >= 0.3 is 12.2 Å². The van der Waals surface area contributed by atoms with Crippen LogP contribution < -0.4 is 5.32 Å². The number of hydrogen-bond acceptors (Lipinski definition) is 2. The van der Waals surface area contributed by atoms with Crippen LogP contribution in [-0.4, -0.2) is 42.0 Å². The van der Waals surface area contributed by atoms with Crippen molar-refractivity contribution in [2.45, 2.75) is 32.0 Å². The van der Waals surface area contributed by atoms with E-state index in [1.54, 1.807) is 4.90 Å². The van der Waals surface area contributed by atoms with Crippen LogP contribution in [0, 0.1) is 5.92 Å². The predicted octanol–water partition coefficient (Wildman–Crippen LogP) is 5.01. The highest BCUT2D eigenvalue weighted by Crippen LogP contribution is 2.34. The number of piperidine rings is 1. The van der Waals surface area contributed by atoms with Gasteiger partial charge in [-0.2, -0.15) is 13.2 Å². The van der Waals surface area contributed by atoms with E-state index in [9.17, 15) is 18.0 Å². The first-order valence-electron chi connectivity index (χ1n) is 10.4. The highest BCUT2D eigenvalue weighted by molar-refractivity contribution is 5.90. The van der Waals surface area contributed by atoms with Crippen molar-refractivity contribution < 1.29 is 18.0 Å². The molecule has 0 radical (unpaired) electrons. The van der Waals surface area contributed by atoms with Gasteiger partial charge in [-0.3, -0.25) is 4.90 Å². The van der Waals surface area contributed by atoms with E-state index in [2.05, 4.69) is 34.5 Å². The van der Waals surface area contributed by atoms with Gasteiger partial charge in [-0.15, -0.1) is 0 Å². The summed E-state index contributed by atoms with van der Waals surface area (Å²) in [5.74, 6) is 0.327.